The van der Waals surface area contributed by atoms with E-state index in [1.807, 2.05) is 26.0 Å². The Kier molecular flexibility index (Phi) is 6.15. The largest absolute Gasteiger partial charge is 0.409 e. The second-order valence-corrected chi connectivity index (χ2v) is 9.63. The van der Waals surface area contributed by atoms with Gasteiger partial charge in [-0.2, -0.15) is 0 Å². The lowest BCUT2D eigenvalue weighted by molar-refractivity contribution is 0.0973. The van der Waals surface area contributed by atoms with Crippen molar-refractivity contribution in [1.29, 1.82) is 0 Å². The number of hydrogen-bond donors (Lipinski definition) is 0. The van der Waals surface area contributed by atoms with Gasteiger partial charge in [-0.25, -0.2) is 13.1 Å². The van der Waals surface area contributed by atoms with Crippen molar-refractivity contribution in [1.82, 2.24) is 14.7 Å². The SMILES string of the molecule is COCCN(Cn1nc(-c2cc(C)cc(C)c2)oc1=S)[C@@H]1CCS(=O)(=O)C1. The van der Waals surface area contributed by atoms with Crippen LogP contribution in [0.4, 0.5) is 0 Å². The predicted octanol–water partition coefficient (Wildman–Crippen LogP) is 2.58. The Hall–Kier alpha value is -1.55. The summed E-state index contributed by atoms with van der Waals surface area (Å²) in [6, 6.07) is 6.03. The Morgan fingerprint density at radius 2 is 2.04 bits per heavy atom. The molecule has 9 heteroatoms. The summed E-state index contributed by atoms with van der Waals surface area (Å²) >= 11 is 5.35. The van der Waals surface area contributed by atoms with Gasteiger partial charge in [0.2, 0.25) is 5.89 Å². The Labute approximate surface area is 164 Å². The summed E-state index contributed by atoms with van der Waals surface area (Å²) < 4.78 is 36.3. The molecule has 1 atom stereocenters. The van der Waals surface area contributed by atoms with E-state index in [0.717, 1.165) is 16.7 Å². The molecule has 1 saturated heterocycles. The summed E-state index contributed by atoms with van der Waals surface area (Å²) in [5.74, 6) is 0.850. The lowest BCUT2D eigenvalue weighted by atomic mass is 10.1. The fraction of sp³-hybridized carbons (Fsp3) is 0.556. The van der Waals surface area contributed by atoms with Gasteiger partial charge in [-0.3, -0.25) is 4.90 Å². The van der Waals surface area contributed by atoms with Crippen LogP contribution in [-0.2, 0) is 21.2 Å². The molecule has 0 spiro atoms. The van der Waals surface area contributed by atoms with E-state index in [1.165, 1.54) is 0 Å². The third-order valence-corrected chi connectivity index (χ3v) is 6.74. The monoisotopic (exact) mass is 411 g/mol. The molecule has 1 fully saturated rings. The zero-order valence-electron chi connectivity index (χ0n) is 15.8. The first-order valence-electron chi connectivity index (χ1n) is 8.87. The van der Waals surface area contributed by atoms with Crippen LogP contribution in [0.2, 0.25) is 0 Å². The van der Waals surface area contributed by atoms with E-state index < -0.39 is 9.84 Å². The van der Waals surface area contributed by atoms with Crippen LogP contribution in [0.25, 0.3) is 11.5 Å². The molecule has 1 aliphatic rings. The molecule has 0 saturated carbocycles. The van der Waals surface area contributed by atoms with E-state index in [-0.39, 0.29) is 22.4 Å². The molecule has 27 heavy (non-hydrogen) atoms. The summed E-state index contributed by atoms with van der Waals surface area (Å²) in [5.41, 5.74) is 3.13. The number of aromatic nitrogens is 2. The minimum Gasteiger partial charge on any atom is -0.409 e. The molecule has 0 radical (unpaired) electrons. The molecule has 7 nitrogen and oxygen atoms in total. The first kappa shape index (κ1) is 20.2. The number of methoxy groups -OCH3 is 1. The molecule has 0 unspecified atom stereocenters. The highest BCUT2D eigenvalue weighted by Crippen LogP contribution is 2.22. The number of aryl methyl sites for hydroxylation is 2. The number of ether oxygens (including phenoxy) is 1. The van der Waals surface area contributed by atoms with Gasteiger partial charge in [-0.1, -0.05) is 17.2 Å². The van der Waals surface area contributed by atoms with Gasteiger partial charge in [0.1, 0.15) is 0 Å². The van der Waals surface area contributed by atoms with Crippen LogP contribution in [0.15, 0.2) is 22.6 Å². The van der Waals surface area contributed by atoms with E-state index >= 15 is 0 Å². The Bertz CT molecular complexity index is 945. The molecule has 2 heterocycles. The highest BCUT2D eigenvalue weighted by molar-refractivity contribution is 7.91. The molecule has 0 amide bonds. The highest BCUT2D eigenvalue weighted by atomic mass is 32.2. The standard InChI is InChI=1S/C18H25N3O4S2/c1-13-8-14(2)10-15(9-13)17-19-21(18(26)25-17)12-20(5-6-24-3)16-4-7-27(22,23)11-16/h8-10,16H,4-7,11-12H2,1-3H3/t16-/m1/s1. The smallest absolute Gasteiger partial charge is 0.288 e. The molecular weight excluding hydrogens is 386 g/mol. The van der Waals surface area contributed by atoms with Gasteiger partial charge in [0.25, 0.3) is 4.84 Å². The van der Waals surface area contributed by atoms with Crippen LogP contribution in [0, 0.1) is 18.7 Å². The zero-order chi connectivity index (χ0) is 19.6. The van der Waals surface area contributed by atoms with Crippen molar-refractivity contribution in [2.45, 2.75) is 33.0 Å². The predicted molar refractivity (Wildman–Crippen MR) is 106 cm³/mol. The highest BCUT2D eigenvalue weighted by Gasteiger charge is 2.32. The lowest BCUT2D eigenvalue weighted by Gasteiger charge is -2.27. The maximum absolute atomic E-state index is 11.9. The Morgan fingerprint density at radius 3 is 2.63 bits per heavy atom. The van der Waals surface area contributed by atoms with Crippen molar-refractivity contribution in [2.75, 3.05) is 31.8 Å². The molecule has 1 aromatic heterocycles. The molecule has 3 rings (SSSR count). The van der Waals surface area contributed by atoms with Crippen molar-refractivity contribution >= 4 is 22.1 Å². The first-order valence-corrected chi connectivity index (χ1v) is 11.1. The van der Waals surface area contributed by atoms with E-state index in [9.17, 15) is 8.42 Å². The molecule has 0 aliphatic carbocycles. The number of rotatable bonds is 7. The van der Waals surface area contributed by atoms with E-state index in [2.05, 4.69) is 16.1 Å². The number of nitrogens with zero attached hydrogens (tertiary/aromatic N) is 3. The minimum atomic E-state index is -2.98. The zero-order valence-corrected chi connectivity index (χ0v) is 17.5. The summed E-state index contributed by atoms with van der Waals surface area (Å²) in [6.45, 7) is 5.52. The van der Waals surface area contributed by atoms with Gasteiger partial charge in [-0.05, 0) is 44.6 Å². The van der Waals surface area contributed by atoms with Gasteiger partial charge >= 0.3 is 0 Å². The second-order valence-electron chi connectivity index (χ2n) is 7.05. The van der Waals surface area contributed by atoms with Crippen LogP contribution in [-0.4, -0.2) is 60.9 Å². The number of hydrogen-bond acceptors (Lipinski definition) is 7. The van der Waals surface area contributed by atoms with Crippen LogP contribution in [0.5, 0.6) is 0 Å². The third-order valence-electron chi connectivity index (χ3n) is 4.70. The van der Waals surface area contributed by atoms with Gasteiger partial charge in [0, 0.05) is 25.3 Å². The first-order chi connectivity index (χ1) is 12.8. The van der Waals surface area contributed by atoms with Crippen LogP contribution >= 0.6 is 12.2 Å². The van der Waals surface area contributed by atoms with Gasteiger partial charge < -0.3 is 9.15 Å². The van der Waals surface area contributed by atoms with Crippen molar-refractivity contribution in [3.63, 3.8) is 0 Å². The maximum Gasteiger partial charge on any atom is 0.288 e. The molecule has 2 aromatic rings. The van der Waals surface area contributed by atoms with E-state index in [0.29, 0.717) is 32.1 Å². The fourth-order valence-electron chi connectivity index (χ4n) is 3.42. The summed E-state index contributed by atoms with van der Waals surface area (Å²) in [4.78, 5) is 2.32. The summed E-state index contributed by atoms with van der Waals surface area (Å²) in [6.07, 6.45) is 0.612. The molecule has 0 N–H and O–H groups in total. The number of sulfone groups is 1. The topological polar surface area (TPSA) is 77.6 Å². The third kappa shape index (κ3) is 5.04. The van der Waals surface area contributed by atoms with E-state index in [1.54, 1.807) is 11.8 Å². The van der Waals surface area contributed by atoms with Crippen LogP contribution < -0.4 is 0 Å². The van der Waals surface area contributed by atoms with Crippen molar-refractivity contribution in [3.05, 3.63) is 34.2 Å². The quantitative estimate of drug-likeness (QED) is 0.648. The lowest BCUT2D eigenvalue weighted by Crippen LogP contribution is -2.40. The molecule has 148 valence electrons. The number of benzene rings is 1. The van der Waals surface area contributed by atoms with Crippen molar-refractivity contribution in [3.8, 4) is 11.5 Å². The minimum absolute atomic E-state index is 0.0617. The van der Waals surface area contributed by atoms with E-state index in [4.69, 9.17) is 21.4 Å². The average molecular weight is 412 g/mol. The van der Waals surface area contributed by atoms with Crippen molar-refractivity contribution < 1.29 is 17.6 Å². The maximum atomic E-state index is 11.9. The molecular formula is C18H25N3O4S2. The molecule has 1 aromatic carbocycles. The van der Waals surface area contributed by atoms with Crippen LogP contribution in [0.1, 0.15) is 17.5 Å². The Morgan fingerprint density at radius 1 is 1.33 bits per heavy atom. The van der Waals surface area contributed by atoms with Crippen LogP contribution in [0.3, 0.4) is 0 Å². The van der Waals surface area contributed by atoms with Gasteiger partial charge in [0.15, 0.2) is 9.84 Å². The van der Waals surface area contributed by atoms with Gasteiger partial charge in [-0.15, -0.1) is 5.10 Å². The Balaban J connectivity index is 1.84. The second kappa shape index (κ2) is 8.22. The van der Waals surface area contributed by atoms with Crippen molar-refractivity contribution in [2.24, 2.45) is 0 Å². The van der Waals surface area contributed by atoms with Gasteiger partial charge in [0.05, 0.1) is 24.8 Å². The normalized spacial score (nSPS) is 19.0. The summed E-state index contributed by atoms with van der Waals surface area (Å²) in [7, 11) is -1.35. The fourth-order valence-corrected chi connectivity index (χ4v) is 5.36. The average Bonchev–Trinajstić information content (AvgIpc) is 3.13. The molecule has 1 aliphatic heterocycles. The summed E-state index contributed by atoms with van der Waals surface area (Å²) in [5, 5.41) is 4.53. The molecule has 0 bridgehead atoms.